The highest BCUT2D eigenvalue weighted by Crippen LogP contribution is 2.28. The van der Waals surface area contributed by atoms with Crippen LogP contribution < -0.4 is 10.6 Å². The number of urea groups is 1. The smallest absolute Gasteiger partial charge is 0.314 e. The molecule has 0 aromatic carbocycles. The van der Waals surface area contributed by atoms with Crippen LogP contribution in [0.4, 0.5) is 4.79 Å². The fourth-order valence-electron chi connectivity index (χ4n) is 2.41. The molecule has 1 saturated carbocycles. The van der Waals surface area contributed by atoms with Gasteiger partial charge >= 0.3 is 6.03 Å². The Morgan fingerprint density at radius 2 is 2.00 bits per heavy atom. The SMILES string of the molecule is O=C(NCCC1CCC1)NCC1(O)CCOCC1. The second kappa shape index (κ2) is 6.38. The molecule has 5 nitrogen and oxygen atoms in total. The van der Waals surface area contributed by atoms with E-state index < -0.39 is 5.60 Å². The third-order valence-electron chi connectivity index (χ3n) is 4.06. The summed E-state index contributed by atoms with van der Waals surface area (Å²) in [6.45, 7) is 2.19. The van der Waals surface area contributed by atoms with E-state index in [-0.39, 0.29) is 6.03 Å². The van der Waals surface area contributed by atoms with Crippen LogP contribution >= 0.6 is 0 Å². The first-order valence-corrected chi connectivity index (χ1v) is 7.00. The molecule has 1 saturated heterocycles. The monoisotopic (exact) mass is 256 g/mol. The highest BCUT2D eigenvalue weighted by atomic mass is 16.5. The molecule has 2 amide bonds. The fraction of sp³-hybridized carbons (Fsp3) is 0.923. The van der Waals surface area contributed by atoms with Gasteiger partial charge in [0.1, 0.15) is 0 Å². The minimum Gasteiger partial charge on any atom is -0.388 e. The summed E-state index contributed by atoms with van der Waals surface area (Å²) in [6, 6.07) is -0.172. The zero-order chi connectivity index (χ0) is 12.8. The summed E-state index contributed by atoms with van der Waals surface area (Å²) in [7, 11) is 0. The van der Waals surface area contributed by atoms with Crippen molar-refractivity contribution < 1.29 is 14.6 Å². The van der Waals surface area contributed by atoms with Crippen molar-refractivity contribution in [1.29, 1.82) is 0 Å². The molecule has 0 aromatic heterocycles. The first-order valence-electron chi connectivity index (χ1n) is 7.00. The van der Waals surface area contributed by atoms with Crippen molar-refractivity contribution in [2.75, 3.05) is 26.3 Å². The average Bonchev–Trinajstić information content (AvgIpc) is 2.31. The van der Waals surface area contributed by atoms with Gasteiger partial charge < -0.3 is 20.5 Å². The van der Waals surface area contributed by atoms with E-state index in [1.807, 2.05) is 0 Å². The second-order valence-corrected chi connectivity index (χ2v) is 5.53. The maximum atomic E-state index is 11.6. The molecule has 18 heavy (non-hydrogen) atoms. The number of aliphatic hydroxyl groups is 1. The summed E-state index contributed by atoms with van der Waals surface area (Å²) in [5.74, 6) is 0.810. The molecule has 104 valence electrons. The maximum absolute atomic E-state index is 11.6. The molecule has 5 heteroatoms. The number of nitrogens with one attached hydrogen (secondary N) is 2. The molecule has 0 radical (unpaired) electrons. The predicted molar refractivity (Wildman–Crippen MR) is 68.4 cm³/mol. The van der Waals surface area contributed by atoms with Crippen molar-refractivity contribution >= 4 is 6.03 Å². The molecule has 3 N–H and O–H groups in total. The van der Waals surface area contributed by atoms with Crippen LogP contribution in [0.15, 0.2) is 0 Å². The molecular weight excluding hydrogens is 232 g/mol. The maximum Gasteiger partial charge on any atom is 0.314 e. The van der Waals surface area contributed by atoms with E-state index in [1.54, 1.807) is 0 Å². The number of hydrogen-bond acceptors (Lipinski definition) is 3. The van der Waals surface area contributed by atoms with Crippen LogP contribution in [0.3, 0.4) is 0 Å². The van der Waals surface area contributed by atoms with Crippen molar-refractivity contribution in [3.63, 3.8) is 0 Å². The van der Waals surface area contributed by atoms with Gasteiger partial charge in [-0.05, 0) is 12.3 Å². The van der Waals surface area contributed by atoms with Crippen molar-refractivity contribution in [3.8, 4) is 0 Å². The predicted octanol–water partition coefficient (Wildman–Crippen LogP) is 1.02. The van der Waals surface area contributed by atoms with Gasteiger partial charge in [0.15, 0.2) is 0 Å². The van der Waals surface area contributed by atoms with Crippen LogP contribution in [0.5, 0.6) is 0 Å². The fourth-order valence-corrected chi connectivity index (χ4v) is 2.41. The van der Waals surface area contributed by atoms with Gasteiger partial charge in [-0.15, -0.1) is 0 Å². The van der Waals surface area contributed by atoms with Crippen LogP contribution in [-0.4, -0.2) is 43.0 Å². The minimum atomic E-state index is -0.788. The Bertz CT molecular complexity index is 273. The third kappa shape index (κ3) is 4.14. The molecule has 0 unspecified atom stereocenters. The Hall–Kier alpha value is -0.810. The summed E-state index contributed by atoms with van der Waals surface area (Å²) in [5.41, 5.74) is -0.788. The Morgan fingerprint density at radius 1 is 1.28 bits per heavy atom. The first kappa shape index (κ1) is 13.6. The van der Waals surface area contributed by atoms with Crippen LogP contribution in [0.1, 0.15) is 38.5 Å². The lowest BCUT2D eigenvalue weighted by atomic mass is 9.83. The molecule has 0 bridgehead atoms. The number of carbonyl (C=O) groups is 1. The summed E-state index contributed by atoms with van der Waals surface area (Å²) in [5, 5.41) is 15.8. The molecule has 1 aliphatic heterocycles. The largest absolute Gasteiger partial charge is 0.388 e. The zero-order valence-electron chi connectivity index (χ0n) is 10.9. The second-order valence-electron chi connectivity index (χ2n) is 5.53. The van der Waals surface area contributed by atoms with E-state index in [2.05, 4.69) is 10.6 Å². The molecule has 1 heterocycles. The quantitative estimate of drug-likeness (QED) is 0.687. The first-order chi connectivity index (χ1) is 8.68. The van der Waals surface area contributed by atoms with Gasteiger partial charge in [0, 0.05) is 39.1 Å². The van der Waals surface area contributed by atoms with E-state index in [0.717, 1.165) is 18.9 Å². The molecular formula is C13H24N2O3. The Morgan fingerprint density at radius 3 is 2.61 bits per heavy atom. The Labute approximate surface area is 108 Å². The third-order valence-corrected chi connectivity index (χ3v) is 4.06. The standard InChI is InChI=1S/C13H24N2O3/c16-12(14-7-4-11-2-1-3-11)15-10-13(17)5-8-18-9-6-13/h11,17H,1-10H2,(H2,14,15,16). The zero-order valence-corrected chi connectivity index (χ0v) is 10.9. The lowest BCUT2D eigenvalue weighted by Gasteiger charge is -2.32. The molecule has 2 aliphatic rings. The molecule has 2 rings (SSSR count). The van der Waals surface area contributed by atoms with E-state index in [0.29, 0.717) is 32.6 Å². The van der Waals surface area contributed by atoms with E-state index >= 15 is 0 Å². The van der Waals surface area contributed by atoms with Crippen LogP contribution in [0.2, 0.25) is 0 Å². The minimum absolute atomic E-state index is 0.172. The number of carbonyl (C=O) groups excluding carboxylic acids is 1. The van der Waals surface area contributed by atoms with Crippen LogP contribution in [-0.2, 0) is 4.74 Å². The van der Waals surface area contributed by atoms with Gasteiger partial charge in [-0.3, -0.25) is 0 Å². The molecule has 1 aliphatic carbocycles. The van der Waals surface area contributed by atoms with Crippen molar-refractivity contribution in [2.45, 2.75) is 44.1 Å². The summed E-state index contributed by atoms with van der Waals surface area (Å²) in [4.78, 5) is 11.6. The number of ether oxygens (including phenoxy) is 1. The number of amides is 2. The van der Waals surface area contributed by atoms with E-state index in [9.17, 15) is 9.90 Å². The van der Waals surface area contributed by atoms with Gasteiger partial charge in [0.05, 0.1) is 5.60 Å². The van der Waals surface area contributed by atoms with Crippen molar-refractivity contribution in [1.82, 2.24) is 10.6 Å². The Balaban J connectivity index is 1.55. The van der Waals surface area contributed by atoms with Crippen LogP contribution in [0, 0.1) is 5.92 Å². The lowest BCUT2D eigenvalue weighted by Crippen LogP contribution is -2.49. The van der Waals surface area contributed by atoms with Gasteiger partial charge in [-0.1, -0.05) is 19.3 Å². The molecule has 0 atom stereocenters. The van der Waals surface area contributed by atoms with Gasteiger partial charge in [-0.2, -0.15) is 0 Å². The lowest BCUT2D eigenvalue weighted by molar-refractivity contribution is -0.0600. The van der Waals surface area contributed by atoms with Crippen LogP contribution in [0.25, 0.3) is 0 Å². The number of rotatable bonds is 5. The van der Waals surface area contributed by atoms with Gasteiger partial charge in [-0.25, -0.2) is 4.79 Å². The average molecular weight is 256 g/mol. The van der Waals surface area contributed by atoms with Crippen molar-refractivity contribution in [3.05, 3.63) is 0 Å². The molecule has 0 aromatic rings. The summed E-state index contributed by atoms with van der Waals surface area (Å²) in [6.07, 6.45) is 6.22. The van der Waals surface area contributed by atoms with Gasteiger partial charge in [0.2, 0.25) is 0 Å². The van der Waals surface area contributed by atoms with Crippen molar-refractivity contribution in [2.24, 2.45) is 5.92 Å². The molecule has 2 fully saturated rings. The highest BCUT2D eigenvalue weighted by molar-refractivity contribution is 5.73. The number of hydrogen-bond donors (Lipinski definition) is 3. The van der Waals surface area contributed by atoms with E-state index in [4.69, 9.17) is 4.74 Å². The summed E-state index contributed by atoms with van der Waals surface area (Å²) >= 11 is 0. The molecule has 0 spiro atoms. The highest BCUT2D eigenvalue weighted by Gasteiger charge is 2.30. The topological polar surface area (TPSA) is 70.6 Å². The normalized spacial score (nSPS) is 23.2. The Kier molecular flexibility index (Phi) is 4.83. The summed E-state index contributed by atoms with van der Waals surface area (Å²) < 4.78 is 5.19. The van der Waals surface area contributed by atoms with Gasteiger partial charge in [0.25, 0.3) is 0 Å². The van der Waals surface area contributed by atoms with E-state index in [1.165, 1.54) is 19.3 Å².